The molecule has 0 aromatic rings. The van der Waals surface area contributed by atoms with Gasteiger partial charge in [-0.25, -0.2) is 0 Å². The quantitative estimate of drug-likeness (QED) is 0.299. The fourth-order valence-corrected chi connectivity index (χ4v) is 9.46. The van der Waals surface area contributed by atoms with Gasteiger partial charge in [0, 0.05) is 18.1 Å². The summed E-state index contributed by atoms with van der Waals surface area (Å²) in [6.45, 7) is 8.93. The van der Waals surface area contributed by atoms with Crippen LogP contribution >= 0.6 is 0 Å². The lowest BCUT2D eigenvalue weighted by atomic mass is 9.46. The number of hydrogen-bond acceptors (Lipinski definition) is 6. The van der Waals surface area contributed by atoms with Crippen LogP contribution in [0.15, 0.2) is 16.8 Å². The molecular weight excluding hydrogens is 520 g/mol. The molecule has 0 radical (unpaired) electrons. The maximum atomic E-state index is 12.7. The van der Waals surface area contributed by atoms with Gasteiger partial charge in [0.15, 0.2) is 6.61 Å². The number of carboxylic acid groups (broad SMARTS) is 1. The molecule has 1 saturated heterocycles. The Kier molecular flexibility index (Phi) is 8.10. The summed E-state index contributed by atoms with van der Waals surface area (Å²) in [5, 5.41) is 27.9. The Morgan fingerprint density at radius 1 is 1.15 bits per heavy atom. The largest absolute Gasteiger partial charge is 0.481 e. The fraction of sp³-hybridized carbons (Fsp3) is 0.788. The summed E-state index contributed by atoms with van der Waals surface area (Å²) in [4.78, 5) is 29.7. The standard InChI is InChI=1S/C33H48N2O6/c1-6-33(39)15-11-26-24-8-7-22-17-23(9-13-31(22,4)25(24)10-14-32(26,33)5)35-41-20-28(36)34-27(18-29(37)38)21-12-16-40-30(2,3)19-21/h1,17,21,24-27,39H,7-16,18-20H2,2-5H3,(H,34,36)(H,37,38)/t21?,24?,25?,26?,27?,31-,32-,33-/m0/s1. The predicted octanol–water partition coefficient (Wildman–Crippen LogP) is 4.85. The highest BCUT2D eigenvalue weighted by molar-refractivity contribution is 5.96. The van der Waals surface area contributed by atoms with E-state index in [2.05, 4.69) is 36.3 Å². The molecule has 41 heavy (non-hydrogen) atoms. The number of fused-ring (bicyclic) bond motifs is 5. The van der Waals surface area contributed by atoms with E-state index in [0.717, 1.165) is 50.7 Å². The Bertz CT molecular complexity index is 1150. The number of carbonyl (C=O) groups is 2. The summed E-state index contributed by atoms with van der Waals surface area (Å²) < 4.78 is 5.77. The van der Waals surface area contributed by atoms with E-state index in [4.69, 9.17) is 16.0 Å². The Hall–Kier alpha value is -2.37. The van der Waals surface area contributed by atoms with Crippen molar-refractivity contribution in [3.8, 4) is 12.3 Å². The highest BCUT2D eigenvalue weighted by Crippen LogP contribution is 2.67. The van der Waals surface area contributed by atoms with E-state index in [9.17, 15) is 19.8 Å². The molecule has 1 aliphatic heterocycles. The molecule has 226 valence electrons. The first-order chi connectivity index (χ1) is 19.3. The number of ether oxygens (including phenoxy) is 1. The molecule has 4 aliphatic carbocycles. The summed E-state index contributed by atoms with van der Waals surface area (Å²) in [6.07, 6.45) is 17.0. The lowest BCUT2D eigenvalue weighted by Crippen LogP contribution is -2.54. The first-order valence-electron chi connectivity index (χ1n) is 15.6. The van der Waals surface area contributed by atoms with Crippen LogP contribution < -0.4 is 5.32 Å². The van der Waals surface area contributed by atoms with Crippen LogP contribution in [0.2, 0.25) is 0 Å². The molecule has 0 spiro atoms. The van der Waals surface area contributed by atoms with Crippen molar-refractivity contribution >= 4 is 17.6 Å². The van der Waals surface area contributed by atoms with E-state index in [1.165, 1.54) is 5.57 Å². The van der Waals surface area contributed by atoms with E-state index in [1.807, 2.05) is 13.8 Å². The molecule has 4 fully saturated rings. The molecular formula is C33H48N2O6. The van der Waals surface area contributed by atoms with Gasteiger partial charge in [0.05, 0.1) is 17.7 Å². The SMILES string of the molecule is C#C[C@]1(O)CCC2C3CCC4=CC(=NOCC(=O)NC(CC(=O)O)C5CCOC(C)(C)C5)CC[C@]4(C)C3CC[C@@]21C. The Labute approximate surface area is 244 Å². The average molecular weight is 569 g/mol. The Morgan fingerprint density at radius 2 is 1.90 bits per heavy atom. The third kappa shape index (κ3) is 5.57. The Morgan fingerprint density at radius 3 is 2.61 bits per heavy atom. The van der Waals surface area contributed by atoms with Gasteiger partial charge in [0.1, 0.15) is 5.60 Å². The summed E-state index contributed by atoms with van der Waals surface area (Å²) in [6, 6.07) is -0.471. The molecule has 3 N–H and O–H groups in total. The molecule has 1 heterocycles. The van der Waals surface area contributed by atoms with Crippen molar-refractivity contribution in [2.45, 2.75) is 116 Å². The zero-order chi connectivity index (χ0) is 29.6. The maximum absolute atomic E-state index is 12.7. The van der Waals surface area contributed by atoms with Gasteiger partial charge in [-0.1, -0.05) is 30.5 Å². The maximum Gasteiger partial charge on any atom is 0.305 e. The molecule has 5 rings (SSSR count). The summed E-state index contributed by atoms with van der Waals surface area (Å²) >= 11 is 0. The van der Waals surface area contributed by atoms with Crippen LogP contribution in [0, 0.1) is 46.8 Å². The third-order valence-electron chi connectivity index (χ3n) is 11.8. The van der Waals surface area contributed by atoms with E-state index in [-0.39, 0.29) is 41.3 Å². The van der Waals surface area contributed by atoms with Crippen molar-refractivity contribution in [1.29, 1.82) is 0 Å². The lowest BCUT2D eigenvalue weighted by molar-refractivity contribution is -0.139. The molecule has 0 aromatic carbocycles. The van der Waals surface area contributed by atoms with Gasteiger partial charge >= 0.3 is 5.97 Å². The van der Waals surface area contributed by atoms with Crippen LogP contribution in [0.4, 0.5) is 0 Å². The number of amides is 1. The zero-order valence-corrected chi connectivity index (χ0v) is 25.2. The van der Waals surface area contributed by atoms with Crippen molar-refractivity contribution in [1.82, 2.24) is 5.32 Å². The van der Waals surface area contributed by atoms with Crippen LogP contribution in [-0.4, -0.2) is 58.3 Å². The number of rotatable bonds is 7. The van der Waals surface area contributed by atoms with E-state index in [1.54, 1.807) is 0 Å². The van der Waals surface area contributed by atoms with Gasteiger partial charge in [-0.05, 0) is 113 Å². The van der Waals surface area contributed by atoms with Crippen molar-refractivity contribution in [2.24, 2.45) is 39.7 Å². The second-order valence-electron chi connectivity index (χ2n) is 14.5. The van der Waals surface area contributed by atoms with Crippen molar-refractivity contribution < 1.29 is 29.4 Å². The van der Waals surface area contributed by atoms with Crippen LogP contribution in [0.5, 0.6) is 0 Å². The predicted molar refractivity (Wildman–Crippen MR) is 156 cm³/mol. The number of nitrogens with one attached hydrogen (secondary N) is 1. The molecule has 8 heteroatoms. The summed E-state index contributed by atoms with van der Waals surface area (Å²) in [7, 11) is 0. The molecule has 5 unspecified atom stereocenters. The third-order valence-corrected chi connectivity index (χ3v) is 11.8. The van der Waals surface area contributed by atoms with Gasteiger partial charge in [-0.15, -0.1) is 6.42 Å². The number of carbonyl (C=O) groups excluding carboxylic acids is 1. The highest BCUT2D eigenvalue weighted by Gasteiger charge is 2.63. The summed E-state index contributed by atoms with van der Waals surface area (Å²) in [5.74, 6) is 3.14. The number of aliphatic carboxylic acids is 1. The lowest BCUT2D eigenvalue weighted by Gasteiger charge is -2.58. The van der Waals surface area contributed by atoms with Crippen LogP contribution in [0.3, 0.4) is 0 Å². The molecule has 3 saturated carbocycles. The monoisotopic (exact) mass is 568 g/mol. The van der Waals surface area contributed by atoms with Crippen LogP contribution in [-0.2, 0) is 19.2 Å². The van der Waals surface area contributed by atoms with Crippen molar-refractivity contribution in [3.63, 3.8) is 0 Å². The number of carboxylic acids is 1. The fourth-order valence-electron chi connectivity index (χ4n) is 9.46. The first kappa shape index (κ1) is 30.1. The van der Waals surface area contributed by atoms with Gasteiger partial charge in [-0.2, -0.15) is 0 Å². The zero-order valence-electron chi connectivity index (χ0n) is 25.2. The van der Waals surface area contributed by atoms with Crippen LogP contribution in [0.25, 0.3) is 0 Å². The van der Waals surface area contributed by atoms with Crippen molar-refractivity contribution in [2.75, 3.05) is 13.2 Å². The van der Waals surface area contributed by atoms with Crippen molar-refractivity contribution in [3.05, 3.63) is 11.6 Å². The minimum Gasteiger partial charge on any atom is -0.481 e. The second kappa shape index (κ2) is 11.0. The van der Waals surface area contributed by atoms with Gasteiger partial charge in [0.2, 0.25) is 0 Å². The topological polar surface area (TPSA) is 117 Å². The molecule has 0 aromatic heterocycles. The molecule has 1 amide bonds. The number of terminal acetylenes is 1. The minimum absolute atomic E-state index is 0.0308. The Balaban J connectivity index is 1.19. The van der Waals surface area contributed by atoms with E-state index in [0.29, 0.717) is 43.6 Å². The molecule has 8 atom stereocenters. The number of hydrogen-bond donors (Lipinski definition) is 3. The number of nitrogens with zero attached hydrogens (tertiary/aromatic N) is 1. The highest BCUT2D eigenvalue weighted by atomic mass is 16.6. The molecule has 5 aliphatic rings. The molecule has 0 bridgehead atoms. The first-order valence-corrected chi connectivity index (χ1v) is 15.6. The minimum atomic E-state index is -0.981. The average Bonchev–Trinajstić information content (AvgIpc) is 3.18. The van der Waals surface area contributed by atoms with E-state index < -0.39 is 17.6 Å². The van der Waals surface area contributed by atoms with Gasteiger partial charge in [0.25, 0.3) is 5.91 Å². The van der Waals surface area contributed by atoms with Crippen LogP contribution in [0.1, 0.15) is 98.3 Å². The molecule has 8 nitrogen and oxygen atoms in total. The summed E-state index contributed by atoms with van der Waals surface area (Å²) in [5.41, 5.74) is 0.883. The van der Waals surface area contributed by atoms with Gasteiger partial charge in [-0.3, -0.25) is 9.59 Å². The number of oxime groups is 1. The smallest absolute Gasteiger partial charge is 0.305 e. The number of aliphatic hydroxyl groups is 1. The van der Waals surface area contributed by atoms with E-state index >= 15 is 0 Å². The normalized spacial score (nSPS) is 41.2. The second-order valence-corrected chi connectivity index (χ2v) is 14.5. The van der Waals surface area contributed by atoms with Gasteiger partial charge < -0.3 is 25.1 Å². The number of allylic oxidation sites excluding steroid dienone is 2.